The van der Waals surface area contributed by atoms with Crippen LogP contribution < -0.4 is 4.74 Å². The Labute approximate surface area is 118 Å². The third-order valence-corrected chi connectivity index (χ3v) is 3.54. The lowest BCUT2D eigenvalue weighted by Gasteiger charge is -2.08. The fourth-order valence-corrected chi connectivity index (χ4v) is 2.38. The molecule has 3 heteroatoms. The van der Waals surface area contributed by atoms with Crippen LogP contribution in [0.15, 0.2) is 48.5 Å². The summed E-state index contributed by atoms with van der Waals surface area (Å²) in [5.41, 5.74) is 3.09. The molecular weight excluding hydrogens is 250 g/mol. The highest BCUT2D eigenvalue weighted by molar-refractivity contribution is 5.86. The molecule has 0 fully saturated rings. The summed E-state index contributed by atoms with van der Waals surface area (Å²) in [7, 11) is 1.94. The number of hydrogen-bond acceptors (Lipinski definition) is 2. The number of ether oxygens (including phenoxy) is 1. The summed E-state index contributed by atoms with van der Waals surface area (Å²) < 4.78 is 7.77. The monoisotopic (exact) mass is 267 g/mol. The van der Waals surface area contributed by atoms with Crippen LogP contribution in [0.2, 0.25) is 0 Å². The molecule has 0 atom stereocenters. The Morgan fingerprint density at radius 1 is 1.10 bits per heavy atom. The largest absolute Gasteiger partial charge is 0.506 e. The summed E-state index contributed by atoms with van der Waals surface area (Å²) in [6.45, 7) is 2.53. The number of hydrogen-bond donors (Lipinski definition) is 1. The van der Waals surface area contributed by atoms with E-state index in [2.05, 4.69) is 6.92 Å². The zero-order valence-electron chi connectivity index (χ0n) is 11.6. The topological polar surface area (TPSA) is 34.4 Å². The van der Waals surface area contributed by atoms with Gasteiger partial charge in [-0.3, -0.25) is 0 Å². The molecule has 0 bridgehead atoms. The highest BCUT2D eigenvalue weighted by Gasteiger charge is 2.09. The molecule has 20 heavy (non-hydrogen) atoms. The zero-order valence-corrected chi connectivity index (χ0v) is 11.6. The predicted octanol–water partition coefficient (Wildman–Crippen LogP) is 3.77. The molecule has 1 heterocycles. The number of phenolic OH excluding ortho intramolecular Hbond substituents is 1. The van der Waals surface area contributed by atoms with Gasteiger partial charge in [0.25, 0.3) is 0 Å². The van der Waals surface area contributed by atoms with Crippen LogP contribution in [0.1, 0.15) is 11.3 Å². The number of phenols is 1. The smallest absolute Gasteiger partial charge is 0.139 e. The average Bonchev–Trinajstić information content (AvgIpc) is 2.76. The van der Waals surface area contributed by atoms with Crippen molar-refractivity contribution in [3.05, 3.63) is 59.8 Å². The molecule has 0 spiro atoms. The van der Waals surface area contributed by atoms with Crippen LogP contribution in [-0.2, 0) is 13.7 Å². The van der Waals surface area contributed by atoms with Crippen LogP contribution in [-0.4, -0.2) is 9.67 Å². The summed E-state index contributed by atoms with van der Waals surface area (Å²) in [5.74, 6) is 1.15. The molecule has 2 aromatic carbocycles. The number of para-hydroxylation sites is 1. The molecular formula is C17H17NO2. The van der Waals surface area contributed by atoms with Gasteiger partial charge in [0.15, 0.2) is 0 Å². The summed E-state index contributed by atoms with van der Waals surface area (Å²) >= 11 is 0. The van der Waals surface area contributed by atoms with Crippen molar-refractivity contribution in [3.63, 3.8) is 0 Å². The maximum absolute atomic E-state index is 9.92. The molecule has 0 aliphatic heterocycles. The summed E-state index contributed by atoms with van der Waals surface area (Å²) in [5, 5.41) is 10.9. The first kappa shape index (κ1) is 12.6. The number of aromatic nitrogens is 1. The fraction of sp³-hybridized carbons (Fsp3) is 0.176. The number of aryl methyl sites for hydroxylation is 2. The predicted molar refractivity (Wildman–Crippen MR) is 80.1 cm³/mol. The molecule has 1 N–H and O–H groups in total. The molecule has 102 valence electrons. The van der Waals surface area contributed by atoms with Gasteiger partial charge in [-0.05, 0) is 31.2 Å². The summed E-state index contributed by atoms with van der Waals surface area (Å²) in [4.78, 5) is 0. The van der Waals surface area contributed by atoms with Crippen molar-refractivity contribution in [1.82, 2.24) is 4.57 Å². The Balaban J connectivity index is 1.86. The second-order valence-corrected chi connectivity index (χ2v) is 5.01. The lowest BCUT2D eigenvalue weighted by Crippen LogP contribution is -2.01. The normalized spacial score (nSPS) is 10.9. The Morgan fingerprint density at radius 3 is 2.55 bits per heavy atom. The van der Waals surface area contributed by atoms with Crippen molar-refractivity contribution in [2.24, 2.45) is 7.05 Å². The minimum absolute atomic E-state index is 0.298. The van der Waals surface area contributed by atoms with Gasteiger partial charge < -0.3 is 14.4 Å². The maximum atomic E-state index is 9.92. The molecule has 1 aromatic heterocycles. The molecule has 0 saturated carbocycles. The minimum Gasteiger partial charge on any atom is -0.506 e. The zero-order chi connectivity index (χ0) is 14.1. The number of fused-ring (bicyclic) bond motifs is 1. The summed E-state index contributed by atoms with van der Waals surface area (Å²) in [6.07, 6.45) is 0. The van der Waals surface area contributed by atoms with Crippen LogP contribution in [0.5, 0.6) is 11.5 Å². The van der Waals surface area contributed by atoms with E-state index in [0.717, 1.165) is 22.3 Å². The van der Waals surface area contributed by atoms with E-state index in [-0.39, 0.29) is 0 Å². The lowest BCUT2D eigenvalue weighted by molar-refractivity contribution is 0.297. The Kier molecular flexibility index (Phi) is 3.11. The van der Waals surface area contributed by atoms with Gasteiger partial charge in [-0.2, -0.15) is 0 Å². The number of nitrogens with zero attached hydrogens (tertiary/aromatic N) is 1. The molecule has 3 aromatic rings. The van der Waals surface area contributed by atoms with Crippen molar-refractivity contribution in [2.75, 3.05) is 0 Å². The van der Waals surface area contributed by atoms with Crippen LogP contribution in [0, 0.1) is 6.92 Å². The number of aromatic hydroxyl groups is 1. The molecule has 3 rings (SSSR count). The third-order valence-electron chi connectivity index (χ3n) is 3.54. The van der Waals surface area contributed by atoms with Crippen molar-refractivity contribution in [2.45, 2.75) is 13.5 Å². The van der Waals surface area contributed by atoms with Crippen LogP contribution in [0.3, 0.4) is 0 Å². The Hall–Kier alpha value is -2.42. The molecule has 0 aliphatic rings. The molecule has 0 unspecified atom stereocenters. The van der Waals surface area contributed by atoms with E-state index in [1.165, 1.54) is 5.56 Å². The Bertz CT molecular complexity index is 742. The van der Waals surface area contributed by atoms with Gasteiger partial charge in [0.1, 0.15) is 18.1 Å². The Morgan fingerprint density at radius 2 is 1.85 bits per heavy atom. The maximum Gasteiger partial charge on any atom is 0.139 e. The highest BCUT2D eigenvalue weighted by Crippen LogP contribution is 2.27. The quantitative estimate of drug-likeness (QED) is 0.783. The van der Waals surface area contributed by atoms with Crippen LogP contribution in [0.4, 0.5) is 0 Å². The first-order chi connectivity index (χ1) is 9.65. The fourth-order valence-electron chi connectivity index (χ4n) is 2.38. The van der Waals surface area contributed by atoms with E-state index < -0.39 is 0 Å². The van der Waals surface area contributed by atoms with Crippen molar-refractivity contribution in [3.8, 4) is 11.5 Å². The minimum atomic E-state index is 0.298. The van der Waals surface area contributed by atoms with E-state index >= 15 is 0 Å². The standard InChI is InChI=1S/C17H17NO2/c1-12-6-8-15(9-7-12)20-11-14-10-13-4-3-5-16(19)17(13)18(14)2/h3-10,19H,11H2,1-2H3. The van der Waals surface area contributed by atoms with Gasteiger partial charge >= 0.3 is 0 Å². The van der Waals surface area contributed by atoms with Gasteiger partial charge in [-0.25, -0.2) is 0 Å². The van der Waals surface area contributed by atoms with Gasteiger partial charge in [-0.1, -0.05) is 29.8 Å². The van der Waals surface area contributed by atoms with Gasteiger partial charge in [-0.15, -0.1) is 0 Å². The number of benzene rings is 2. The van der Waals surface area contributed by atoms with Gasteiger partial charge in [0, 0.05) is 12.4 Å². The van der Waals surface area contributed by atoms with Crippen LogP contribution in [0.25, 0.3) is 10.9 Å². The first-order valence-electron chi connectivity index (χ1n) is 6.61. The average molecular weight is 267 g/mol. The number of rotatable bonds is 3. The van der Waals surface area contributed by atoms with E-state index in [4.69, 9.17) is 4.74 Å². The molecule has 0 aliphatic carbocycles. The third kappa shape index (κ3) is 2.23. The van der Waals surface area contributed by atoms with E-state index in [1.807, 2.05) is 54.1 Å². The molecule has 0 radical (unpaired) electrons. The first-order valence-corrected chi connectivity index (χ1v) is 6.61. The van der Waals surface area contributed by atoms with Gasteiger partial charge in [0.2, 0.25) is 0 Å². The van der Waals surface area contributed by atoms with Crippen LogP contribution >= 0.6 is 0 Å². The SMILES string of the molecule is Cc1ccc(OCc2cc3cccc(O)c3n2C)cc1. The molecule has 0 amide bonds. The summed E-state index contributed by atoms with van der Waals surface area (Å²) in [6, 6.07) is 15.6. The second kappa shape index (κ2) is 4.93. The molecule has 3 nitrogen and oxygen atoms in total. The van der Waals surface area contributed by atoms with E-state index in [9.17, 15) is 5.11 Å². The van der Waals surface area contributed by atoms with Crippen molar-refractivity contribution >= 4 is 10.9 Å². The van der Waals surface area contributed by atoms with Gasteiger partial charge in [0.05, 0.1) is 11.2 Å². The van der Waals surface area contributed by atoms with Crippen molar-refractivity contribution in [1.29, 1.82) is 0 Å². The van der Waals surface area contributed by atoms with Crippen molar-refractivity contribution < 1.29 is 9.84 Å². The highest BCUT2D eigenvalue weighted by atomic mass is 16.5. The second-order valence-electron chi connectivity index (χ2n) is 5.01. The molecule has 0 saturated heterocycles. The lowest BCUT2D eigenvalue weighted by atomic mass is 10.2. The van der Waals surface area contributed by atoms with E-state index in [1.54, 1.807) is 6.07 Å². The van der Waals surface area contributed by atoms with E-state index in [0.29, 0.717) is 12.4 Å².